The highest BCUT2D eigenvalue weighted by Gasteiger charge is 2.24. The molecule has 1 heterocycles. The second-order valence-electron chi connectivity index (χ2n) is 6.03. The molecular formula is C16H25NO3. The van der Waals surface area contributed by atoms with E-state index >= 15 is 0 Å². The SMILES string of the molecule is CCC1CCC(N(C)Cc2cc(C)c(C(=O)O)o2)CC1. The average Bonchev–Trinajstić information content (AvgIpc) is 2.79. The Hall–Kier alpha value is -1.29. The molecule has 4 nitrogen and oxygen atoms in total. The molecule has 0 unspecified atom stereocenters. The molecule has 0 amide bonds. The number of carboxylic acid groups (broad SMARTS) is 1. The zero-order valence-electron chi connectivity index (χ0n) is 12.7. The third-order valence-electron chi connectivity index (χ3n) is 4.59. The minimum absolute atomic E-state index is 0.0723. The van der Waals surface area contributed by atoms with Crippen LogP contribution in [0.15, 0.2) is 10.5 Å². The predicted octanol–water partition coefficient (Wildman–Crippen LogP) is 3.69. The van der Waals surface area contributed by atoms with Crippen molar-refractivity contribution in [2.45, 2.75) is 58.5 Å². The highest BCUT2D eigenvalue weighted by molar-refractivity contribution is 5.86. The molecule has 0 radical (unpaired) electrons. The molecule has 1 aliphatic rings. The van der Waals surface area contributed by atoms with Crippen molar-refractivity contribution in [1.29, 1.82) is 0 Å². The summed E-state index contributed by atoms with van der Waals surface area (Å²) in [7, 11) is 2.11. The number of furan rings is 1. The Bertz CT molecular complexity index is 458. The summed E-state index contributed by atoms with van der Waals surface area (Å²) < 4.78 is 5.44. The molecule has 4 heteroatoms. The molecule has 1 aliphatic carbocycles. The maximum Gasteiger partial charge on any atom is 0.372 e. The van der Waals surface area contributed by atoms with Gasteiger partial charge in [-0.3, -0.25) is 4.90 Å². The Morgan fingerprint density at radius 3 is 2.55 bits per heavy atom. The molecule has 0 aliphatic heterocycles. The topological polar surface area (TPSA) is 53.7 Å². The van der Waals surface area contributed by atoms with Crippen LogP contribution in [0.1, 0.15) is 60.9 Å². The van der Waals surface area contributed by atoms with E-state index in [2.05, 4.69) is 18.9 Å². The van der Waals surface area contributed by atoms with E-state index in [0.29, 0.717) is 18.2 Å². The minimum Gasteiger partial charge on any atom is -0.475 e. The molecule has 0 aromatic carbocycles. The zero-order chi connectivity index (χ0) is 14.7. The predicted molar refractivity (Wildman–Crippen MR) is 77.9 cm³/mol. The van der Waals surface area contributed by atoms with Crippen molar-refractivity contribution >= 4 is 5.97 Å². The van der Waals surface area contributed by atoms with E-state index in [1.165, 1.54) is 32.1 Å². The summed E-state index contributed by atoms with van der Waals surface area (Å²) in [5, 5.41) is 9.01. The van der Waals surface area contributed by atoms with Gasteiger partial charge in [-0.25, -0.2) is 4.79 Å². The van der Waals surface area contributed by atoms with Crippen LogP contribution in [0.4, 0.5) is 0 Å². The fraction of sp³-hybridized carbons (Fsp3) is 0.688. The normalized spacial score (nSPS) is 23.2. The quantitative estimate of drug-likeness (QED) is 0.893. The number of hydrogen-bond acceptors (Lipinski definition) is 3. The molecular weight excluding hydrogens is 254 g/mol. The van der Waals surface area contributed by atoms with Gasteiger partial charge in [-0.2, -0.15) is 0 Å². The molecule has 0 atom stereocenters. The van der Waals surface area contributed by atoms with Crippen LogP contribution in [0.5, 0.6) is 0 Å². The first-order valence-corrected chi connectivity index (χ1v) is 7.54. The number of hydrogen-bond donors (Lipinski definition) is 1. The Labute approximate surface area is 120 Å². The lowest BCUT2D eigenvalue weighted by Gasteiger charge is -2.34. The van der Waals surface area contributed by atoms with Crippen molar-refractivity contribution in [2.75, 3.05) is 7.05 Å². The Morgan fingerprint density at radius 1 is 1.40 bits per heavy atom. The van der Waals surface area contributed by atoms with Crippen LogP contribution in [-0.4, -0.2) is 29.1 Å². The average molecular weight is 279 g/mol. The van der Waals surface area contributed by atoms with Gasteiger partial charge in [0.1, 0.15) is 5.76 Å². The minimum atomic E-state index is -0.986. The van der Waals surface area contributed by atoms with Crippen LogP contribution in [0, 0.1) is 12.8 Å². The number of aryl methyl sites for hydroxylation is 1. The van der Waals surface area contributed by atoms with E-state index in [1.807, 2.05) is 6.07 Å². The van der Waals surface area contributed by atoms with Crippen LogP contribution in [0.25, 0.3) is 0 Å². The molecule has 1 saturated carbocycles. The Morgan fingerprint density at radius 2 is 2.05 bits per heavy atom. The van der Waals surface area contributed by atoms with E-state index in [1.54, 1.807) is 6.92 Å². The highest BCUT2D eigenvalue weighted by Crippen LogP contribution is 2.29. The lowest BCUT2D eigenvalue weighted by atomic mass is 9.84. The second kappa shape index (κ2) is 6.44. The summed E-state index contributed by atoms with van der Waals surface area (Å²) in [5.74, 6) is 0.729. The Kier molecular flexibility index (Phi) is 4.86. The van der Waals surface area contributed by atoms with Gasteiger partial charge >= 0.3 is 5.97 Å². The van der Waals surface area contributed by atoms with E-state index in [-0.39, 0.29) is 5.76 Å². The van der Waals surface area contributed by atoms with E-state index in [9.17, 15) is 4.79 Å². The third-order valence-corrected chi connectivity index (χ3v) is 4.59. The van der Waals surface area contributed by atoms with Crippen LogP contribution in [0.2, 0.25) is 0 Å². The fourth-order valence-corrected chi connectivity index (χ4v) is 3.21. The zero-order valence-corrected chi connectivity index (χ0v) is 12.7. The number of nitrogens with zero attached hydrogens (tertiary/aromatic N) is 1. The lowest BCUT2D eigenvalue weighted by molar-refractivity contribution is 0.0655. The number of carboxylic acids is 1. The summed E-state index contributed by atoms with van der Waals surface area (Å²) in [6, 6.07) is 2.44. The molecule has 0 spiro atoms. The van der Waals surface area contributed by atoms with Crippen molar-refractivity contribution in [3.05, 3.63) is 23.2 Å². The van der Waals surface area contributed by atoms with Crippen LogP contribution in [0.3, 0.4) is 0 Å². The largest absolute Gasteiger partial charge is 0.475 e. The van der Waals surface area contributed by atoms with E-state index < -0.39 is 5.97 Å². The molecule has 2 rings (SSSR count). The van der Waals surface area contributed by atoms with E-state index in [0.717, 1.165) is 11.7 Å². The molecule has 1 N–H and O–H groups in total. The molecule has 1 aromatic rings. The third kappa shape index (κ3) is 3.42. The summed E-state index contributed by atoms with van der Waals surface area (Å²) in [4.78, 5) is 13.3. The maximum absolute atomic E-state index is 11.0. The first-order valence-electron chi connectivity index (χ1n) is 7.54. The summed E-state index contributed by atoms with van der Waals surface area (Å²) >= 11 is 0. The second-order valence-corrected chi connectivity index (χ2v) is 6.03. The van der Waals surface area contributed by atoms with Crippen molar-refractivity contribution in [3.8, 4) is 0 Å². The van der Waals surface area contributed by atoms with Crippen molar-refractivity contribution in [2.24, 2.45) is 5.92 Å². The maximum atomic E-state index is 11.0. The monoisotopic (exact) mass is 279 g/mol. The molecule has 20 heavy (non-hydrogen) atoms. The van der Waals surface area contributed by atoms with E-state index in [4.69, 9.17) is 9.52 Å². The number of carbonyl (C=O) groups is 1. The van der Waals surface area contributed by atoms with Gasteiger partial charge < -0.3 is 9.52 Å². The summed E-state index contributed by atoms with van der Waals surface area (Å²) in [6.07, 6.45) is 6.38. The fourth-order valence-electron chi connectivity index (χ4n) is 3.21. The summed E-state index contributed by atoms with van der Waals surface area (Å²) in [6.45, 7) is 4.74. The van der Waals surface area contributed by atoms with Gasteiger partial charge in [0.05, 0.1) is 6.54 Å². The van der Waals surface area contributed by atoms with Crippen LogP contribution < -0.4 is 0 Å². The van der Waals surface area contributed by atoms with Crippen molar-refractivity contribution < 1.29 is 14.3 Å². The number of rotatable bonds is 5. The number of aromatic carboxylic acids is 1. The first kappa shape index (κ1) is 15.1. The standard InChI is InChI=1S/C16H25NO3/c1-4-12-5-7-13(8-6-12)17(3)10-14-9-11(2)15(20-14)16(18)19/h9,12-13H,4-8,10H2,1-3H3,(H,18,19). The van der Waals surface area contributed by atoms with Gasteiger partial charge in [0.25, 0.3) is 0 Å². The smallest absolute Gasteiger partial charge is 0.372 e. The molecule has 0 saturated heterocycles. The molecule has 1 aromatic heterocycles. The van der Waals surface area contributed by atoms with Gasteiger partial charge in [0, 0.05) is 11.6 Å². The van der Waals surface area contributed by atoms with Crippen LogP contribution in [-0.2, 0) is 6.54 Å². The van der Waals surface area contributed by atoms with Gasteiger partial charge in [-0.1, -0.05) is 13.3 Å². The van der Waals surface area contributed by atoms with Gasteiger partial charge in [-0.05, 0) is 51.6 Å². The van der Waals surface area contributed by atoms with Crippen LogP contribution >= 0.6 is 0 Å². The molecule has 112 valence electrons. The lowest BCUT2D eigenvalue weighted by Crippen LogP contribution is -2.34. The summed E-state index contributed by atoms with van der Waals surface area (Å²) in [5.41, 5.74) is 0.704. The van der Waals surface area contributed by atoms with Gasteiger partial charge in [0.2, 0.25) is 5.76 Å². The molecule has 1 fully saturated rings. The van der Waals surface area contributed by atoms with Crippen molar-refractivity contribution in [1.82, 2.24) is 4.90 Å². The first-order chi connectivity index (χ1) is 9.51. The van der Waals surface area contributed by atoms with Gasteiger partial charge in [-0.15, -0.1) is 0 Å². The molecule has 0 bridgehead atoms. The van der Waals surface area contributed by atoms with Crippen molar-refractivity contribution in [3.63, 3.8) is 0 Å². The highest BCUT2D eigenvalue weighted by atomic mass is 16.4. The van der Waals surface area contributed by atoms with Gasteiger partial charge in [0.15, 0.2) is 0 Å². The Balaban J connectivity index is 1.93.